The van der Waals surface area contributed by atoms with Crippen molar-refractivity contribution in [3.8, 4) is 11.6 Å². The minimum atomic E-state index is -0.562. The van der Waals surface area contributed by atoms with Crippen LogP contribution >= 0.6 is 11.6 Å². The monoisotopic (exact) mass is 357 g/mol. The number of carbonyl (C=O) groups excluding carboxylic acids is 1. The SMILES string of the molecule is Cc1cc(C)c2[nH]c(O)c(N=NC(=O)COc3ccc(Cl)cc3)c2c1. The average Bonchev–Trinajstić information content (AvgIpc) is 2.88. The van der Waals surface area contributed by atoms with Crippen LogP contribution in [0.4, 0.5) is 5.69 Å². The van der Waals surface area contributed by atoms with Crippen molar-refractivity contribution >= 4 is 34.1 Å². The van der Waals surface area contributed by atoms with E-state index in [1.165, 1.54) is 0 Å². The zero-order chi connectivity index (χ0) is 18.0. The fourth-order valence-electron chi connectivity index (χ4n) is 2.54. The highest BCUT2D eigenvalue weighted by Crippen LogP contribution is 2.37. The molecule has 1 heterocycles. The van der Waals surface area contributed by atoms with Gasteiger partial charge in [0.1, 0.15) is 5.75 Å². The van der Waals surface area contributed by atoms with Crippen molar-refractivity contribution in [2.45, 2.75) is 13.8 Å². The van der Waals surface area contributed by atoms with E-state index in [-0.39, 0.29) is 18.2 Å². The summed E-state index contributed by atoms with van der Waals surface area (Å²) in [5, 5.41) is 18.8. The van der Waals surface area contributed by atoms with E-state index < -0.39 is 5.91 Å². The Morgan fingerprint density at radius 3 is 2.68 bits per heavy atom. The maximum absolute atomic E-state index is 11.9. The third-order valence-corrected chi connectivity index (χ3v) is 3.89. The molecule has 0 aliphatic rings. The average molecular weight is 358 g/mol. The van der Waals surface area contributed by atoms with Crippen LogP contribution in [0.5, 0.6) is 11.6 Å². The summed E-state index contributed by atoms with van der Waals surface area (Å²) >= 11 is 5.78. The van der Waals surface area contributed by atoms with Gasteiger partial charge in [-0.15, -0.1) is 10.2 Å². The minimum absolute atomic E-state index is 0.126. The Bertz CT molecular complexity index is 962. The van der Waals surface area contributed by atoms with Gasteiger partial charge >= 0.3 is 5.91 Å². The second-order valence-electron chi connectivity index (χ2n) is 5.66. The van der Waals surface area contributed by atoms with E-state index in [9.17, 15) is 9.90 Å². The van der Waals surface area contributed by atoms with Crippen LogP contribution in [0.3, 0.4) is 0 Å². The zero-order valence-electron chi connectivity index (χ0n) is 13.7. The van der Waals surface area contributed by atoms with Crippen molar-refractivity contribution in [2.24, 2.45) is 10.2 Å². The number of aromatic hydroxyl groups is 1. The molecule has 1 amide bonds. The number of azo groups is 1. The molecule has 2 aromatic carbocycles. The highest BCUT2D eigenvalue weighted by atomic mass is 35.5. The molecular formula is C18H16ClN3O3. The van der Waals surface area contributed by atoms with Gasteiger partial charge in [-0.1, -0.05) is 23.2 Å². The minimum Gasteiger partial charge on any atom is -0.493 e. The first-order valence-electron chi connectivity index (χ1n) is 7.59. The smallest absolute Gasteiger partial charge is 0.302 e. The number of benzene rings is 2. The molecule has 0 bridgehead atoms. The Kier molecular flexibility index (Phi) is 4.72. The van der Waals surface area contributed by atoms with E-state index in [1.54, 1.807) is 24.3 Å². The molecule has 0 aliphatic heterocycles. The summed E-state index contributed by atoms with van der Waals surface area (Å²) in [5.74, 6) is -0.180. The molecule has 3 rings (SSSR count). The fourth-order valence-corrected chi connectivity index (χ4v) is 2.66. The first-order chi connectivity index (χ1) is 11.9. The van der Waals surface area contributed by atoms with Gasteiger partial charge in [0.05, 0.1) is 5.52 Å². The van der Waals surface area contributed by atoms with Crippen molar-refractivity contribution in [1.82, 2.24) is 4.98 Å². The highest BCUT2D eigenvalue weighted by Gasteiger charge is 2.13. The van der Waals surface area contributed by atoms with Crippen LogP contribution in [-0.4, -0.2) is 22.6 Å². The molecule has 128 valence electrons. The number of carbonyl (C=O) groups is 1. The van der Waals surface area contributed by atoms with E-state index >= 15 is 0 Å². The number of aryl methyl sites for hydroxylation is 2. The van der Waals surface area contributed by atoms with Gasteiger partial charge in [-0.25, -0.2) is 0 Å². The number of aromatic amines is 1. The van der Waals surface area contributed by atoms with Gasteiger partial charge < -0.3 is 14.8 Å². The number of nitrogens with one attached hydrogen (secondary N) is 1. The van der Waals surface area contributed by atoms with Gasteiger partial charge in [-0.3, -0.25) is 4.79 Å². The molecular weight excluding hydrogens is 342 g/mol. The zero-order valence-corrected chi connectivity index (χ0v) is 14.5. The molecule has 0 saturated heterocycles. The molecule has 2 N–H and O–H groups in total. The maximum Gasteiger partial charge on any atom is 0.302 e. The Morgan fingerprint density at radius 2 is 1.96 bits per heavy atom. The molecule has 0 aliphatic carbocycles. The maximum atomic E-state index is 11.9. The normalized spacial score (nSPS) is 11.3. The second-order valence-corrected chi connectivity index (χ2v) is 6.10. The highest BCUT2D eigenvalue weighted by molar-refractivity contribution is 6.30. The molecule has 3 aromatic rings. The van der Waals surface area contributed by atoms with E-state index in [1.807, 2.05) is 26.0 Å². The number of H-pyrrole nitrogens is 1. The Labute approximate surface area is 149 Å². The van der Waals surface area contributed by atoms with Crippen LogP contribution in [0.25, 0.3) is 10.9 Å². The molecule has 1 aromatic heterocycles. The predicted molar refractivity (Wildman–Crippen MR) is 95.9 cm³/mol. The molecule has 0 saturated carbocycles. The van der Waals surface area contributed by atoms with Gasteiger partial charge in [-0.2, -0.15) is 0 Å². The topological polar surface area (TPSA) is 87.0 Å². The summed E-state index contributed by atoms with van der Waals surface area (Å²) in [4.78, 5) is 14.7. The van der Waals surface area contributed by atoms with Crippen molar-refractivity contribution in [2.75, 3.05) is 6.61 Å². The van der Waals surface area contributed by atoms with Crippen molar-refractivity contribution in [3.05, 3.63) is 52.5 Å². The summed E-state index contributed by atoms with van der Waals surface area (Å²) in [6, 6.07) is 10.5. The Balaban J connectivity index is 1.75. The molecule has 0 spiro atoms. The quantitative estimate of drug-likeness (QED) is 0.655. The van der Waals surface area contributed by atoms with Crippen LogP contribution in [0.15, 0.2) is 46.6 Å². The summed E-state index contributed by atoms with van der Waals surface area (Å²) in [6.45, 7) is 3.62. The lowest BCUT2D eigenvalue weighted by atomic mass is 10.1. The summed E-state index contributed by atoms with van der Waals surface area (Å²) < 4.78 is 5.32. The Hall–Kier alpha value is -2.86. The summed E-state index contributed by atoms with van der Waals surface area (Å²) in [6.07, 6.45) is 0. The van der Waals surface area contributed by atoms with Crippen LogP contribution in [-0.2, 0) is 4.79 Å². The molecule has 25 heavy (non-hydrogen) atoms. The van der Waals surface area contributed by atoms with Crippen molar-refractivity contribution in [1.29, 1.82) is 0 Å². The summed E-state index contributed by atoms with van der Waals surface area (Å²) in [7, 11) is 0. The molecule has 0 fully saturated rings. The molecule has 7 heteroatoms. The van der Waals surface area contributed by atoms with Gasteiger partial charge in [0.25, 0.3) is 0 Å². The fraction of sp³-hybridized carbons (Fsp3) is 0.167. The number of hydrogen-bond donors (Lipinski definition) is 2. The lowest BCUT2D eigenvalue weighted by Gasteiger charge is -2.02. The van der Waals surface area contributed by atoms with Gasteiger partial charge in [0, 0.05) is 10.4 Å². The van der Waals surface area contributed by atoms with Crippen molar-refractivity contribution < 1.29 is 14.6 Å². The van der Waals surface area contributed by atoms with Crippen LogP contribution < -0.4 is 4.74 Å². The third-order valence-electron chi connectivity index (χ3n) is 3.64. The van der Waals surface area contributed by atoms with E-state index in [0.717, 1.165) is 16.6 Å². The van der Waals surface area contributed by atoms with Crippen molar-refractivity contribution in [3.63, 3.8) is 0 Å². The number of amides is 1. The number of hydrogen-bond acceptors (Lipinski definition) is 4. The number of nitrogens with zero attached hydrogens (tertiary/aromatic N) is 2. The number of fused-ring (bicyclic) bond motifs is 1. The number of rotatable bonds is 4. The van der Waals surface area contributed by atoms with Gasteiger partial charge in [0.2, 0.25) is 5.88 Å². The lowest BCUT2D eigenvalue weighted by molar-refractivity contribution is -0.120. The third kappa shape index (κ3) is 3.80. The second kappa shape index (κ2) is 6.94. The number of ether oxygens (including phenoxy) is 1. The standard InChI is InChI=1S/C18H16ClN3O3/c1-10-7-11(2)16-14(8-10)17(18(24)20-16)22-21-15(23)9-25-13-5-3-12(19)4-6-13/h3-8,20,24H,9H2,1-2H3. The number of aromatic nitrogens is 1. The first kappa shape index (κ1) is 17.0. The van der Waals surface area contributed by atoms with Crippen LogP contribution in [0, 0.1) is 13.8 Å². The molecule has 0 radical (unpaired) electrons. The molecule has 0 atom stereocenters. The summed E-state index contributed by atoms with van der Waals surface area (Å²) in [5.41, 5.74) is 3.01. The Morgan fingerprint density at radius 1 is 1.24 bits per heavy atom. The van der Waals surface area contributed by atoms with Crippen LogP contribution in [0.2, 0.25) is 5.02 Å². The van der Waals surface area contributed by atoms with E-state index in [2.05, 4.69) is 15.2 Å². The van der Waals surface area contributed by atoms with Gasteiger partial charge in [-0.05, 0) is 49.7 Å². The largest absolute Gasteiger partial charge is 0.493 e. The lowest BCUT2D eigenvalue weighted by Crippen LogP contribution is -2.07. The van der Waals surface area contributed by atoms with Crippen LogP contribution in [0.1, 0.15) is 11.1 Å². The van der Waals surface area contributed by atoms with E-state index in [4.69, 9.17) is 16.3 Å². The van der Waals surface area contributed by atoms with Gasteiger partial charge in [0.15, 0.2) is 12.3 Å². The first-order valence-corrected chi connectivity index (χ1v) is 7.96. The predicted octanol–water partition coefficient (Wildman–Crippen LogP) is 4.83. The number of halogens is 1. The van der Waals surface area contributed by atoms with E-state index in [0.29, 0.717) is 16.2 Å². The molecule has 0 unspecified atom stereocenters. The molecule has 6 nitrogen and oxygen atoms in total.